The SMILES string of the molecule is COc1cccc(CN2C[C@@H](C)[C@@H](N3CCOCC3)C2)c1F. The number of hydrogen-bond acceptors (Lipinski definition) is 4. The van der Waals surface area contributed by atoms with E-state index in [1.807, 2.05) is 12.1 Å². The number of rotatable bonds is 4. The van der Waals surface area contributed by atoms with Crippen molar-refractivity contribution in [2.75, 3.05) is 46.5 Å². The Morgan fingerprint density at radius 3 is 2.77 bits per heavy atom. The van der Waals surface area contributed by atoms with Crippen LogP contribution in [0.25, 0.3) is 0 Å². The average Bonchev–Trinajstić information content (AvgIpc) is 2.91. The maximum Gasteiger partial charge on any atom is 0.169 e. The average molecular weight is 308 g/mol. The van der Waals surface area contributed by atoms with Crippen molar-refractivity contribution >= 4 is 0 Å². The van der Waals surface area contributed by atoms with Gasteiger partial charge in [0.2, 0.25) is 0 Å². The maximum atomic E-state index is 14.3. The summed E-state index contributed by atoms with van der Waals surface area (Å²) >= 11 is 0. The van der Waals surface area contributed by atoms with Gasteiger partial charge in [0.15, 0.2) is 11.6 Å². The van der Waals surface area contributed by atoms with Gasteiger partial charge in [-0.05, 0) is 12.0 Å². The van der Waals surface area contributed by atoms with Gasteiger partial charge < -0.3 is 9.47 Å². The van der Waals surface area contributed by atoms with Crippen molar-refractivity contribution in [3.8, 4) is 5.75 Å². The molecule has 22 heavy (non-hydrogen) atoms. The molecular formula is C17H25FN2O2. The number of nitrogens with zero attached hydrogens (tertiary/aromatic N) is 2. The zero-order valence-electron chi connectivity index (χ0n) is 13.4. The van der Waals surface area contributed by atoms with Crippen LogP contribution in [0.3, 0.4) is 0 Å². The van der Waals surface area contributed by atoms with Crippen molar-refractivity contribution in [1.29, 1.82) is 0 Å². The van der Waals surface area contributed by atoms with Crippen LogP contribution in [0.2, 0.25) is 0 Å². The number of benzene rings is 1. The molecule has 0 radical (unpaired) electrons. The van der Waals surface area contributed by atoms with Gasteiger partial charge >= 0.3 is 0 Å². The van der Waals surface area contributed by atoms with E-state index in [2.05, 4.69) is 16.7 Å². The van der Waals surface area contributed by atoms with Crippen LogP contribution in [0, 0.1) is 11.7 Å². The van der Waals surface area contributed by atoms with Gasteiger partial charge in [-0.15, -0.1) is 0 Å². The zero-order valence-corrected chi connectivity index (χ0v) is 13.4. The summed E-state index contributed by atoms with van der Waals surface area (Å²) in [5.74, 6) is 0.703. The van der Waals surface area contributed by atoms with E-state index in [4.69, 9.17) is 9.47 Å². The van der Waals surface area contributed by atoms with Crippen LogP contribution in [0.4, 0.5) is 4.39 Å². The van der Waals surface area contributed by atoms with Crippen molar-refractivity contribution in [1.82, 2.24) is 9.80 Å². The monoisotopic (exact) mass is 308 g/mol. The second-order valence-corrected chi connectivity index (χ2v) is 6.32. The summed E-state index contributed by atoms with van der Waals surface area (Å²) < 4.78 is 24.8. The van der Waals surface area contributed by atoms with E-state index in [9.17, 15) is 4.39 Å². The lowest BCUT2D eigenvalue weighted by Gasteiger charge is -2.34. The first-order chi connectivity index (χ1) is 10.7. The Morgan fingerprint density at radius 2 is 2.05 bits per heavy atom. The summed E-state index contributed by atoms with van der Waals surface area (Å²) in [6.45, 7) is 8.63. The van der Waals surface area contributed by atoms with Crippen LogP contribution in [-0.2, 0) is 11.3 Å². The second-order valence-electron chi connectivity index (χ2n) is 6.32. The summed E-state index contributed by atoms with van der Waals surface area (Å²) in [7, 11) is 1.51. The summed E-state index contributed by atoms with van der Waals surface area (Å²) in [4.78, 5) is 4.87. The van der Waals surface area contributed by atoms with Crippen LogP contribution >= 0.6 is 0 Å². The predicted molar refractivity (Wildman–Crippen MR) is 83.6 cm³/mol. The molecular weight excluding hydrogens is 283 g/mol. The lowest BCUT2D eigenvalue weighted by Crippen LogP contribution is -2.46. The molecule has 122 valence electrons. The van der Waals surface area contributed by atoms with Crippen molar-refractivity contribution in [3.63, 3.8) is 0 Å². The minimum atomic E-state index is -0.229. The molecule has 0 unspecified atom stereocenters. The van der Waals surface area contributed by atoms with Crippen molar-refractivity contribution < 1.29 is 13.9 Å². The second kappa shape index (κ2) is 6.94. The van der Waals surface area contributed by atoms with Gasteiger partial charge in [-0.3, -0.25) is 9.80 Å². The molecule has 0 aliphatic carbocycles. The van der Waals surface area contributed by atoms with Gasteiger partial charge in [-0.2, -0.15) is 0 Å². The van der Waals surface area contributed by atoms with E-state index in [0.29, 0.717) is 29.8 Å². The third-order valence-electron chi connectivity index (χ3n) is 4.82. The Labute approximate surface area is 131 Å². The quantitative estimate of drug-likeness (QED) is 0.849. The highest BCUT2D eigenvalue weighted by molar-refractivity contribution is 5.31. The number of ether oxygens (including phenoxy) is 2. The van der Waals surface area contributed by atoms with Gasteiger partial charge in [0.1, 0.15) is 0 Å². The Balaban J connectivity index is 1.64. The summed E-state index contributed by atoms with van der Waals surface area (Å²) in [6.07, 6.45) is 0. The lowest BCUT2D eigenvalue weighted by molar-refractivity contribution is 0.0117. The Bertz CT molecular complexity index is 505. The molecule has 1 aromatic rings. The fourth-order valence-corrected chi connectivity index (χ4v) is 3.64. The van der Waals surface area contributed by atoms with Gasteiger partial charge in [0.25, 0.3) is 0 Å². The van der Waals surface area contributed by atoms with Gasteiger partial charge in [-0.1, -0.05) is 19.1 Å². The largest absolute Gasteiger partial charge is 0.494 e. The molecule has 2 saturated heterocycles. The zero-order chi connectivity index (χ0) is 15.5. The summed E-state index contributed by atoms with van der Waals surface area (Å²) in [6, 6.07) is 5.93. The molecule has 0 N–H and O–H groups in total. The predicted octanol–water partition coefficient (Wildman–Crippen LogP) is 1.99. The standard InChI is InChI=1S/C17H25FN2O2/c1-13-10-19(12-15(13)20-6-8-22-9-7-20)11-14-4-3-5-16(21-2)17(14)18/h3-5,13,15H,6-12H2,1-2H3/t13-,15+/m1/s1. The molecule has 3 rings (SSSR count). The minimum absolute atomic E-state index is 0.229. The van der Waals surface area contributed by atoms with Crippen LogP contribution in [-0.4, -0.2) is 62.3 Å². The lowest BCUT2D eigenvalue weighted by atomic mass is 10.0. The van der Waals surface area contributed by atoms with Crippen LogP contribution in [0.15, 0.2) is 18.2 Å². The van der Waals surface area contributed by atoms with E-state index >= 15 is 0 Å². The Hall–Kier alpha value is -1.17. The van der Waals surface area contributed by atoms with Crippen molar-refractivity contribution in [2.45, 2.75) is 19.5 Å². The summed E-state index contributed by atoms with van der Waals surface area (Å²) in [5.41, 5.74) is 0.717. The first-order valence-corrected chi connectivity index (χ1v) is 8.04. The smallest absolute Gasteiger partial charge is 0.169 e. The molecule has 2 heterocycles. The molecule has 0 bridgehead atoms. The topological polar surface area (TPSA) is 24.9 Å². The fraction of sp³-hybridized carbons (Fsp3) is 0.647. The van der Waals surface area contributed by atoms with E-state index in [1.54, 1.807) is 6.07 Å². The maximum absolute atomic E-state index is 14.3. The molecule has 2 aliphatic heterocycles. The van der Waals surface area contributed by atoms with Gasteiger partial charge in [-0.25, -0.2) is 4.39 Å². The van der Waals surface area contributed by atoms with Gasteiger partial charge in [0.05, 0.1) is 20.3 Å². The molecule has 0 saturated carbocycles. The number of halogens is 1. The Kier molecular flexibility index (Phi) is 4.96. The molecule has 1 aromatic carbocycles. The normalized spacial score (nSPS) is 27.2. The van der Waals surface area contributed by atoms with E-state index in [0.717, 1.165) is 39.4 Å². The Morgan fingerprint density at radius 1 is 1.27 bits per heavy atom. The molecule has 2 atom stereocenters. The van der Waals surface area contributed by atoms with E-state index < -0.39 is 0 Å². The fourth-order valence-electron chi connectivity index (χ4n) is 3.64. The number of methoxy groups -OCH3 is 1. The molecule has 2 aliphatic rings. The third kappa shape index (κ3) is 3.26. The number of likely N-dealkylation sites (tertiary alicyclic amines) is 1. The molecule has 5 heteroatoms. The number of morpholine rings is 1. The van der Waals surface area contributed by atoms with Crippen LogP contribution in [0.1, 0.15) is 12.5 Å². The van der Waals surface area contributed by atoms with Crippen LogP contribution < -0.4 is 4.74 Å². The molecule has 4 nitrogen and oxygen atoms in total. The first kappa shape index (κ1) is 15.7. The highest BCUT2D eigenvalue weighted by atomic mass is 19.1. The highest BCUT2D eigenvalue weighted by Crippen LogP contribution is 2.26. The minimum Gasteiger partial charge on any atom is -0.494 e. The van der Waals surface area contributed by atoms with Crippen molar-refractivity contribution in [2.24, 2.45) is 5.92 Å². The highest BCUT2D eigenvalue weighted by Gasteiger charge is 2.34. The molecule has 0 amide bonds. The van der Waals surface area contributed by atoms with Crippen LogP contribution in [0.5, 0.6) is 5.75 Å². The molecule has 2 fully saturated rings. The molecule has 0 spiro atoms. The van der Waals surface area contributed by atoms with Crippen molar-refractivity contribution in [3.05, 3.63) is 29.6 Å². The first-order valence-electron chi connectivity index (χ1n) is 8.04. The molecule has 0 aromatic heterocycles. The van der Waals surface area contributed by atoms with Gasteiger partial charge in [0, 0.05) is 44.3 Å². The number of hydrogen-bond donors (Lipinski definition) is 0. The van der Waals surface area contributed by atoms with E-state index in [-0.39, 0.29) is 5.82 Å². The van der Waals surface area contributed by atoms with E-state index in [1.165, 1.54) is 7.11 Å². The third-order valence-corrected chi connectivity index (χ3v) is 4.82. The summed E-state index contributed by atoms with van der Waals surface area (Å²) in [5, 5.41) is 0.